The molecule has 6 amide bonds. The van der Waals surface area contributed by atoms with E-state index in [-0.39, 0.29) is 32.0 Å². The average Bonchev–Trinajstić information content (AvgIpc) is 3.80. The fourth-order valence-electron chi connectivity index (χ4n) is 6.76. The van der Waals surface area contributed by atoms with Crippen molar-refractivity contribution in [3.8, 4) is 0 Å². The predicted molar refractivity (Wildman–Crippen MR) is 193 cm³/mol. The van der Waals surface area contributed by atoms with Gasteiger partial charge < -0.3 is 40.5 Å². The number of ether oxygens (including phenoxy) is 1. The average molecular weight is 737 g/mol. The largest absolute Gasteiger partial charge is 0.461 e. The van der Waals surface area contributed by atoms with Crippen LogP contribution in [-0.2, 0) is 44.7 Å². The Bertz CT molecular complexity index is 1570. The summed E-state index contributed by atoms with van der Waals surface area (Å²) in [5.41, 5.74) is 0.734. The van der Waals surface area contributed by atoms with Gasteiger partial charge in [0.15, 0.2) is 0 Å². The summed E-state index contributed by atoms with van der Waals surface area (Å²) in [6.45, 7) is 4.82. The molecule has 15 heteroatoms. The number of carbonyl (C=O) groups excluding carboxylic acids is 7. The lowest BCUT2D eigenvalue weighted by Gasteiger charge is -2.34. The summed E-state index contributed by atoms with van der Waals surface area (Å²) in [4.78, 5) is 99.2. The second-order valence-electron chi connectivity index (χ2n) is 14.0. The monoisotopic (exact) mass is 736 g/mol. The number of fused-ring (bicyclic) bond motifs is 2. The van der Waals surface area contributed by atoms with Gasteiger partial charge >= 0.3 is 5.97 Å². The number of allylic oxidation sites excluding steroid dienone is 3. The third-order valence-corrected chi connectivity index (χ3v) is 9.87. The molecule has 3 aliphatic rings. The number of carbonyl (C=O) groups is 7. The summed E-state index contributed by atoms with van der Waals surface area (Å²) >= 11 is 0. The Balaban J connectivity index is 1.64. The summed E-state index contributed by atoms with van der Waals surface area (Å²) < 4.78 is 5.68. The third-order valence-electron chi connectivity index (χ3n) is 9.87. The number of aliphatic hydroxyl groups excluding tert-OH is 1. The first-order chi connectivity index (χ1) is 25.3. The standard InChI is InChI=1S/C38H52N6O9/c1-24-20-31-38(52)53-23-29(41-34(48)28(21-27-14-9-8-10-15-27)40-32(46)17-11-6-5-7-12-19-45)36(50)43-18-13-16-30(43)37(51)42(4)26(3)33(47)39-25(2)35(49)44(31)22-24/h5-6,8-11,14-15,17,24-26,28-31,45H,7,12-13,16,18-23H2,1-4H3,(H,39,47)(H,40,46)(H,41,48)/b6-5+,17-11+/t24-,25+,26+,28+,29+,30+,31+/m1/s1. The van der Waals surface area contributed by atoms with Crippen LogP contribution in [0.15, 0.2) is 54.6 Å². The first-order valence-electron chi connectivity index (χ1n) is 18.3. The van der Waals surface area contributed by atoms with Crippen LogP contribution < -0.4 is 16.0 Å². The molecule has 3 heterocycles. The van der Waals surface area contributed by atoms with Crippen LogP contribution in [0.5, 0.6) is 0 Å². The van der Waals surface area contributed by atoms with Gasteiger partial charge in [0.1, 0.15) is 42.9 Å². The Labute approximate surface area is 310 Å². The van der Waals surface area contributed by atoms with Crippen LogP contribution in [0.2, 0.25) is 0 Å². The van der Waals surface area contributed by atoms with Gasteiger partial charge in [-0.3, -0.25) is 28.8 Å². The lowest BCUT2D eigenvalue weighted by molar-refractivity contribution is -0.158. The topological polar surface area (TPSA) is 195 Å². The molecule has 0 aliphatic carbocycles. The van der Waals surface area contributed by atoms with Crippen molar-refractivity contribution in [2.45, 2.75) is 95.5 Å². The molecule has 0 radical (unpaired) electrons. The minimum Gasteiger partial charge on any atom is -0.461 e. The van der Waals surface area contributed by atoms with Gasteiger partial charge in [-0.2, -0.15) is 0 Å². The van der Waals surface area contributed by atoms with Crippen LogP contribution in [0.3, 0.4) is 0 Å². The van der Waals surface area contributed by atoms with E-state index in [0.717, 1.165) is 5.56 Å². The normalized spacial score (nSPS) is 26.7. The number of nitrogens with one attached hydrogen (secondary N) is 3. The molecule has 3 fully saturated rings. The molecule has 0 unspecified atom stereocenters. The lowest BCUT2D eigenvalue weighted by Crippen LogP contribution is -2.60. The van der Waals surface area contributed by atoms with Gasteiger partial charge in [-0.15, -0.1) is 0 Å². The second kappa shape index (κ2) is 19.1. The number of cyclic esters (lactones) is 1. The maximum absolute atomic E-state index is 14.3. The summed E-state index contributed by atoms with van der Waals surface area (Å²) in [6.07, 6.45) is 8.59. The molecule has 3 saturated heterocycles. The smallest absolute Gasteiger partial charge is 0.328 e. The van der Waals surface area contributed by atoms with E-state index in [1.165, 1.54) is 47.7 Å². The van der Waals surface area contributed by atoms with Crippen molar-refractivity contribution in [1.29, 1.82) is 0 Å². The number of rotatable bonds is 10. The molecule has 4 rings (SSSR count). The number of nitrogens with zero attached hydrogens (tertiary/aromatic N) is 3. The quantitative estimate of drug-likeness (QED) is 0.113. The Morgan fingerprint density at radius 1 is 1.00 bits per heavy atom. The molecule has 4 N–H and O–H groups in total. The van der Waals surface area contributed by atoms with Gasteiger partial charge in [0, 0.05) is 39.2 Å². The molecule has 0 saturated carbocycles. The van der Waals surface area contributed by atoms with Crippen molar-refractivity contribution in [1.82, 2.24) is 30.7 Å². The highest BCUT2D eigenvalue weighted by Gasteiger charge is 2.44. The summed E-state index contributed by atoms with van der Waals surface area (Å²) in [7, 11) is 1.46. The van der Waals surface area contributed by atoms with Crippen molar-refractivity contribution >= 4 is 41.4 Å². The van der Waals surface area contributed by atoms with E-state index < -0.39 is 84.3 Å². The fourth-order valence-corrected chi connectivity index (χ4v) is 6.76. The maximum atomic E-state index is 14.3. The number of amides is 6. The van der Waals surface area contributed by atoms with E-state index in [4.69, 9.17) is 9.84 Å². The first-order valence-corrected chi connectivity index (χ1v) is 18.3. The molecule has 53 heavy (non-hydrogen) atoms. The van der Waals surface area contributed by atoms with E-state index in [1.54, 1.807) is 36.4 Å². The van der Waals surface area contributed by atoms with E-state index >= 15 is 0 Å². The highest BCUT2D eigenvalue weighted by molar-refractivity contribution is 5.98. The molecule has 1 aromatic carbocycles. The van der Waals surface area contributed by atoms with E-state index in [9.17, 15) is 33.6 Å². The molecule has 0 spiro atoms. The fraction of sp³-hybridized carbons (Fsp3) is 0.553. The molecule has 1 aromatic rings. The van der Waals surface area contributed by atoms with Gasteiger partial charge in [-0.25, -0.2) is 4.79 Å². The van der Waals surface area contributed by atoms with Gasteiger partial charge in [-0.1, -0.05) is 55.5 Å². The van der Waals surface area contributed by atoms with E-state index in [0.29, 0.717) is 32.1 Å². The zero-order valence-electron chi connectivity index (χ0n) is 30.9. The van der Waals surface area contributed by atoms with E-state index in [2.05, 4.69) is 16.0 Å². The molecule has 3 aliphatic heterocycles. The number of benzene rings is 1. The molecule has 288 valence electrons. The minimum atomic E-state index is -1.44. The Hall–Kier alpha value is -5.05. The van der Waals surface area contributed by atoms with Gasteiger partial charge in [0.25, 0.3) is 0 Å². The van der Waals surface area contributed by atoms with Gasteiger partial charge in [0.2, 0.25) is 35.4 Å². The molecule has 0 aromatic heterocycles. The number of aliphatic hydroxyl groups is 1. The highest BCUT2D eigenvalue weighted by atomic mass is 16.5. The number of unbranched alkanes of at least 4 members (excludes halogenated alkanes) is 1. The van der Waals surface area contributed by atoms with Crippen molar-refractivity contribution in [3.63, 3.8) is 0 Å². The first kappa shape index (κ1) is 40.7. The van der Waals surface area contributed by atoms with Crippen LogP contribution >= 0.6 is 0 Å². The van der Waals surface area contributed by atoms with Crippen LogP contribution in [0.25, 0.3) is 0 Å². The maximum Gasteiger partial charge on any atom is 0.328 e. The van der Waals surface area contributed by atoms with Crippen LogP contribution in [0.4, 0.5) is 0 Å². The van der Waals surface area contributed by atoms with Crippen LogP contribution in [0, 0.1) is 5.92 Å². The third kappa shape index (κ3) is 10.7. The Morgan fingerprint density at radius 3 is 2.45 bits per heavy atom. The highest BCUT2D eigenvalue weighted by Crippen LogP contribution is 2.26. The second-order valence-corrected chi connectivity index (χ2v) is 14.0. The number of esters is 1. The summed E-state index contributed by atoms with van der Waals surface area (Å²) in [5, 5.41) is 17.0. The number of hydrogen-bond donors (Lipinski definition) is 4. The Kier molecular flexibility index (Phi) is 14.7. The Morgan fingerprint density at radius 2 is 1.74 bits per heavy atom. The van der Waals surface area contributed by atoms with Crippen molar-refractivity contribution in [2.75, 3.05) is 33.4 Å². The zero-order chi connectivity index (χ0) is 38.7. The minimum absolute atomic E-state index is 0.0500. The predicted octanol–water partition coefficient (Wildman–Crippen LogP) is 0.220. The van der Waals surface area contributed by atoms with E-state index in [1.807, 2.05) is 13.0 Å². The van der Waals surface area contributed by atoms with Gasteiger partial charge in [0.05, 0.1) is 0 Å². The zero-order valence-corrected chi connectivity index (χ0v) is 30.9. The molecular formula is C38H52N6O9. The lowest BCUT2D eigenvalue weighted by atomic mass is 10.0. The van der Waals surface area contributed by atoms with Crippen LogP contribution in [0.1, 0.15) is 58.4 Å². The van der Waals surface area contributed by atoms with Gasteiger partial charge in [-0.05, 0) is 57.4 Å². The molecule has 7 atom stereocenters. The SMILES string of the molecule is C[C@@H]1C[C@H]2C(=O)OC[C@H](NC(=O)[C@H](Cc3ccccc3)NC(=O)/C=C/C=C/CCCO)C(=O)N3CCC[C@H]3C(=O)N(C)[C@@H](C)C(=O)N[C@@H](C)C(=O)N2C1. The van der Waals surface area contributed by atoms with Crippen LogP contribution in [-0.4, -0.2) is 131 Å². The summed E-state index contributed by atoms with van der Waals surface area (Å²) in [6, 6.07) is 2.48. The molecule has 15 nitrogen and oxygen atoms in total. The molecule has 0 bridgehead atoms. The van der Waals surface area contributed by atoms with Crippen molar-refractivity contribution in [3.05, 3.63) is 60.2 Å². The number of likely N-dealkylation sites (N-methyl/N-ethyl adjacent to an activating group) is 1. The van der Waals surface area contributed by atoms with Crippen molar-refractivity contribution < 1.29 is 43.4 Å². The number of hydrogen-bond acceptors (Lipinski definition) is 9. The van der Waals surface area contributed by atoms with Crippen molar-refractivity contribution in [2.24, 2.45) is 5.92 Å². The summed E-state index contributed by atoms with van der Waals surface area (Å²) in [5.74, 6) is -4.33. The molecular weight excluding hydrogens is 684 g/mol.